The number of piperazine rings is 1. The first-order chi connectivity index (χ1) is 25.0. The molecule has 1 atom stereocenters. The van der Waals surface area contributed by atoms with Gasteiger partial charge in [0.25, 0.3) is 11.5 Å². The Labute approximate surface area is 304 Å². The number of nitrogens with one attached hydrogen (secondary N) is 1. The van der Waals surface area contributed by atoms with Crippen molar-refractivity contribution >= 4 is 50.9 Å². The van der Waals surface area contributed by atoms with Crippen LogP contribution in [0, 0.1) is 0 Å². The van der Waals surface area contributed by atoms with E-state index >= 15 is 0 Å². The second kappa shape index (κ2) is 13.3. The Kier molecular flexibility index (Phi) is 9.14. The lowest BCUT2D eigenvalue weighted by atomic mass is 9.85. The number of aromatic hydroxyl groups is 1. The number of ether oxygens (including phenoxy) is 1. The summed E-state index contributed by atoms with van der Waals surface area (Å²) >= 11 is 6.12. The predicted octanol–water partition coefficient (Wildman–Crippen LogP) is 2.61. The van der Waals surface area contributed by atoms with E-state index in [0.29, 0.717) is 11.8 Å². The number of pyridine rings is 1. The van der Waals surface area contributed by atoms with Gasteiger partial charge < -0.3 is 29.5 Å². The molecule has 2 amide bonds. The Bertz CT molecular complexity index is 2300. The number of benzene rings is 1. The van der Waals surface area contributed by atoms with E-state index in [2.05, 4.69) is 20.4 Å². The second-order valence-electron chi connectivity index (χ2n) is 13.1. The number of sulfonamides is 1. The summed E-state index contributed by atoms with van der Waals surface area (Å²) in [4.78, 5) is 53.1. The monoisotopic (exact) mass is 779 g/mol. The summed E-state index contributed by atoms with van der Waals surface area (Å²) in [5, 5.41) is 16.9. The molecule has 0 bridgehead atoms. The number of carbonyl (C=O) groups is 2. The highest BCUT2D eigenvalue weighted by molar-refractivity contribution is 7.88. The molecule has 2 fully saturated rings. The standard InChI is InChI=1S/C32H33ClF3N9O7S/c1-18-26-24(31(52-18)7-10-41(11-8-31)28(49)25-22(46)4-3-9-37-25)27(48)45-30(39-29(40-45)42-12-14-43(15-13-42)53(2,50)51)44(26)17-23(47)38-21-6-5-19(16-20(21)33)32(34,35)36/h3-6,9,16,18,46H,7-8,10-15,17H2,1-2H3,(H,38,47)/t18-/m1/s1. The van der Waals surface area contributed by atoms with Crippen LogP contribution in [0.2, 0.25) is 5.02 Å². The molecule has 1 spiro atoms. The molecule has 3 aliphatic rings. The topological polar surface area (TPSA) is 185 Å². The predicted molar refractivity (Wildman–Crippen MR) is 183 cm³/mol. The third-order valence-electron chi connectivity index (χ3n) is 9.73. The summed E-state index contributed by atoms with van der Waals surface area (Å²) in [5.41, 5.74) is -2.39. The normalized spacial score (nSPS) is 19.2. The first kappa shape index (κ1) is 36.6. The lowest BCUT2D eigenvalue weighted by Gasteiger charge is -2.39. The number of hydrogen-bond acceptors (Lipinski definition) is 11. The van der Waals surface area contributed by atoms with Crippen LogP contribution in [0.5, 0.6) is 5.75 Å². The Morgan fingerprint density at radius 2 is 1.81 bits per heavy atom. The third-order valence-corrected chi connectivity index (χ3v) is 11.3. The number of nitrogens with zero attached hydrogens (tertiary/aromatic N) is 8. The van der Waals surface area contributed by atoms with Gasteiger partial charge in [-0.2, -0.15) is 27.0 Å². The molecular weight excluding hydrogens is 747 g/mol. The molecule has 1 aromatic carbocycles. The minimum absolute atomic E-state index is 0.0197. The number of halogens is 4. The van der Waals surface area contributed by atoms with Gasteiger partial charge in [0.15, 0.2) is 5.69 Å². The fraction of sp³-hybridized carbons (Fsp3) is 0.438. The van der Waals surface area contributed by atoms with Gasteiger partial charge in [0.2, 0.25) is 27.7 Å². The molecule has 4 aromatic rings. The fourth-order valence-corrected chi connectivity index (χ4v) is 8.21. The number of anilines is 2. The van der Waals surface area contributed by atoms with E-state index in [9.17, 15) is 41.1 Å². The van der Waals surface area contributed by atoms with Gasteiger partial charge in [-0.05, 0) is 50.1 Å². The second-order valence-corrected chi connectivity index (χ2v) is 15.5. The van der Waals surface area contributed by atoms with Gasteiger partial charge in [0.05, 0.1) is 39.9 Å². The van der Waals surface area contributed by atoms with Gasteiger partial charge in [-0.3, -0.25) is 14.4 Å². The summed E-state index contributed by atoms with van der Waals surface area (Å²) in [6.45, 7) is 2.27. The summed E-state index contributed by atoms with van der Waals surface area (Å²) in [7, 11) is -3.44. The van der Waals surface area contributed by atoms with Gasteiger partial charge in [0, 0.05) is 45.5 Å². The van der Waals surface area contributed by atoms with E-state index < -0.39 is 57.4 Å². The number of piperidine rings is 1. The van der Waals surface area contributed by atoms with Crippen molar-refractivity contribution in [3.63, 3.8) is 0 Å². The average Bonchev–Trinajstić information content (AvgIpc) is 3.67. The van der Waals surface area contributed by atoms with Crippen LogP contribution in [-0.4, -0.2) is 104 Å². The van der Waals surface area contributed by atoms with Crippen LogP contribution in [-0.2, 0) is 37.9 Å². The van der Waals surface area contributed by atoms with Crippen LogP contribution < -0.4 is 15.8 Å². The van der Waals surface area contributed by atoms with Gasteiger partial charge in [-0.15, -0.1) is 5.10 Å². The third kappa shape index (κ3) is 6.68. The van der Waals surface area contributed by atoms with Gasteiger partial charge in [0.1, 0.15) is 17.9 Å². The SMILES string of the molecule is C[C@H]1OC2(CCN(C(=O)c3ncccc3O)CC2)c2c1n(CC(=O)Nc1ccc(C(F)(F)F)cc1Cl)c1nc(N3CCN(S(C)(=O)=O)CC3)nn1c2=O. The van der Waals surface area contributed by atoms with E-state index in [1.807, 2.05) is 0 Å². The van der Waals surface area contributed by atoms with Crippen LogP contribution in [0.15, 0.2) is 41.3 Å². The molecule has 16 nitrogen and oxygen atoms in total. The molecule has 2 saturated heterocycles. The average molecular weight is 780 g/mol. The maximum Gasteiger partial charge on any atom is 0.416 e. The smallest absolute Gasteiger partial charge is 0.416 e. The maximum atomic E-state index is 14.4. The van der Waals surface area contributed by atoms with Crippen molar-refractivity contribution in [2.24, 2.45) is 0 Å². The number of carbonyl (C=O) groups excluding carboxylic acids is 2. The summed E-state index contributed by atoms with van der Waals surface area (Å²) in [5.74, 6) is -1.36. The molecule has 0 unspecified atom stereocenters. The minimum atomic E-state index is -4.65. The molecule has 6 heterocycles. The summed E-state index contributed by atoms with van der Waals surface area (Å²) < 4.78 is 74.3. The first-order valence-electron chi connectivity index (χ1n) is 16.5. The molecule has 3 aromatic heterocycles. The molecule has 0 saturated carbocycles. The number of hydrogen-bond donors (Lipinski definition) is 2. The first-order valence-corrected chi connectivity index (χ1v) is 18.7. The van der Waals surface area contributed by atoms with E-state index in [4.69, 9.17) is 16.3 Å². The van der Waals surface area contributed by atoms with Crippen LogP contribution in [0.3, 0.4) is 0 Å². The van der Waals surface area contributed by atoms with Crippen LogP contribution in [0.4, 0.5) is 24.8 Å². The zero-order chi connectivity index (χ0) is 38.0. The molecule has 282 valence electrons. The van der Waals surface area contributed by atoms with Crippen molar-refractivity contribution in [3.05, 3.63) is 74.4 Å². The Balaban J connectivity index is 1.25. The van der Waals surface area contributed by atoms with Crippen molar-refractivity contribution in [1.82, 2.24) is 33.4 Å². The Morgan fingerprint density at radius 3 is 2.43 bits per heavy atom. The highest BCUT2D eigenvalue weighted by Gasteiger charge is 2.51. The van der Waals surface area contributed by atoms with Gasteiger partial charge in [-0.25, -0.2) is 13.4 Å². The highest BCUT2D eigenvalue weighted by atomic mass is 35.5. The lowest BCUT2D eigenvalue weighted by molar-refractivity contribution is -0.137. The summed E-state index contributed by atoms with van der Waals surface area (Å²) in [6.07, 6.45) is -2.55. The molecule has 53 heavy (non-hydrogen) atoms. The fourth-order valence-electron chi connectivity index (χ4n) is 7.15. The molecule has 7 rings (SSSR count). The van der Waals surface area contributed by atoms with E-state index in [1.165, 1.54) is 32.1 Å². The van der Waals surface area contributed by atoms with E-state index in [0.717, 1.165) is 22.9 Å². The lowest BCUT2D eigenvalue weighted by Crippen LogP contribution is -2.48. The van der Waals surface area contributed by atoms with Crippen LogP contribution in [0.1, 0.15) is 53.2 Å². The number of aromatic nitrogens is 5. The van der Waals surface area contributed by atoms with Crippen LogP contribution >= 0.6 is 11.6 Å². The Hall–Kier alpha value is -4.79. The summed E-state index contributed by atoms with van der Waals surface area (Å²) in [6, 6.07) is 5.39. The largest absolute Gasteiger partial charge is 0.505 e. The van der Waals surface area contributed by atoms with Crippen LogP contribution in [0.25, 0.3) is 5.78 Å². The van der Waals surface area contributed by atoms with Crippen molar-refractivity contribution < 1.29 is 41.0 Å². The molecular formula is C32H33ClF3N9O7S. The number of fused-ring (bicyclic) bond motifs is 3. The molecule has 2 N–H and O–H groups in total. The minimum Gasteiger partial charge on any atom is -0.505 e. The molecule has 3 aliphatic heterocycles. The molecule has 0 aliphatic carbocycles. The number of amides is 2. The van der Waals surface area contributed by atoms with Crippen molar-refractivity contribution in [1.29, 1.82) is 0 Å². The van der Waals surface area contributed by atoms with Crippen molar-refractivity contribution in [2.45, 2.75) is 44.2 Å². The molecule has 21 heteroatoms. The quantitative estimate of drug-likeness (QED) is 0.293. The van der Waals surface area contributed by atoms with E-state index in [-0.39, 0.29) is 91.6 Å². The van der Waals surface area contributed by atoms with Crippen molar-refractivity contribution in [3.8, 4) is 5.75 Å². The molecule has 0 radical (unpaired) electrons. The number of rotatable bonds is 6. The number of likely N-dealkylation sites (tertiary alicyclic amines) is 1. The Morgan fingerprint density at radius 1 is 1.11 bits per heavy atom. The maximum absolute atomic E-state index is 14.4. The zero-order valence-corrected chi connectivity index (χ0v) is 29.9. The zero-order valence-electron chi connectivity index (χ0n) is 28.3. The van der Waals surface area contributed by atoms with Gasteiger partial charge in [-0.1, -0.05) is 11.6 Å². The van der Waals surface area contributed by atoms with Gasteiger partial charge >= 0.3 is 6.18 Å². The highest BCUT2D eigenvalue weighted by Crippen LogP contribution is 2.48. The van der Waals surface area contributed by atoms with Crippen molar-refractivity contribution in [2.75, 3.05) is 55.7 Å². The number of alkyl halides is 3. The van der Waals surface area contributed by atoms with E-state index in [1.54, 1.807) is 11.8 Å².